The maximum atomic E-state index is 13.0. The Morgan fingerprint density at radius 2 is 1.60 bits per heavy atom. The lowest BCUT2D eigenvalue weighted by Gasteiger charge is -2.33. The van der Waals surface area contributed by atoms with Crippen LogP contribution in [0.15, 0.2) is 12.3 Å². The van der Waals surface area contributed by atoms with E-state index in [0.717, 1.165) is 18.8 Å². The molecule has 0 amide bonds. The molecule has 0 bridgehead atoms. The molecule has 0 spiro atoms. The highest BCUT2D eigenvalue weighted by atomic mass is 28.4. The number of hydrogen-bond donors (Lipinski definition) is 0. The molecule has 15 heavy (non-hydrogen) atoms. The summed E-state index contributed by atoms with van der Waals surface area (Å²) in [4.78, 5) is 0. The van der Waals surface area contributed by atoms with Gasteiger partial charge in [0.05, 0.1) is 0 Å². The average molecular weight is 252 g/mol. The summed E-state index contributed by atoms with van der Waals surface area (Å²) in [5.74, 6) is -4.92. The molecule has 90 valence electrons. The first-order valence-electron chi connectivity index (χ1n) is 3.84. The predicted octanol–water partition coefficient (Wildman–Crippen LogP) is 3.43. The van der Waals surface area contributed by atoms with Crippen molar-refractivity contribution in [2.75, 3.05) is 0 Å². The fourth-order valence-corrected chi connectivity index (χ4v) is 1.70. The number of hydrogen-bond acceptors (Lipinski definition) is 1. The molecule has 0 heterocycles. The van der Waals surface area contributed by atoms with Gasteiger partial charge in [0.1, 0.15) is 0 Å². The van der Waals surface area contributed by atoms with Crippen LogP contribution in [-0.2, 0) is 4.43 Å². The van der Waals surface area contributed by atoms with Crippen LogP contribution < -0.4 is 0 Å². The third kappa shape index (κ3) is 3.23. The molecule has 0 aliphatic heterocycles. The first kappa shape index (κ1) is 14.5. The molecule has 1 unspecified atom stereocenters. The zero-order chi connectivity index (χ0) is 12.5. The van der Waals surface area contributed by atoms with Crippen molar-refractivity contribution in [3.63, 3.8) is 0 Å². The van der Waals surface area contributed by atoms with Gasteiger partial charge in [-0.05, 0) is 13.1 Å². The Kier molecular flexibility index (Phi) is 4.03. The maximum Gasteiger partial charge on any atom is 0.453 e. The molecule has 0 saturated heterocycles. The second-order valence-electron chi connectivity index (χ2n) is 3.35. The van der Waals surface area contributed by atoms with E-state index in [1.54, 1.807) is 0 Å². The van der Waals surface area contributed by atoms with E-state index in [2.05, 4.69) is 11.0 Å². The number of rotatable bonds is 4. The van der Waals surface area contributed by atoms with E-state index >= 15 is 0 Å². The molecule has 0 aromatic heterocycles. The normalized spacial score (nSPS) is 17.7. The Bertz CT molecular complexity index is 238. The van der Waals surface area contributed by atoms with Crippen LogP contribution in [0.3, 0.4) is 0 Å². The van der Waals surface area contributed by atoms with Crippen molar-refractivity contribution in [1.29, 1.82) is 0 Å². The maximum absolute atomic E-state index is 13.0. The molecular formula is C7H10F6OSi. The lowest BCUT2D eigenvalue weighted by molar-refractivity contribution is -0.343. The molecule has 0 aromatic carbocycles. The summed E-state index contributed by atoms with van der Waals surface area (Å²) in [5.41, 5.74) is 0.940. The number of halogens is 6. The van der Waals surface area contributed by atoms with E-state index in [1.807, 2.05) is 0 Å². The Morgan fingerprint density at radius 1 is 1.20 bits per heavy atom. The van der Waals surface area contributed by atoms with Crippen LogP contribution in [0.25, 0.3) is 0 Å². The zero-order valence-electron chi connectivity index (χ0n) is 8.04. The lowest BCUT2D eigenvalue weighted by Crippen LogP contribution is -2.55. The van der Waals surface area contributed by atoms with Crippen molar-refractivity contribution < 1.29 is 30.8 Å². The third-order valence-electron chi connectivity index (χ3n) is 1.57. The summed E-state index contributed by atoms with van der Waals surface area (Å²) in [6, 6.07) is 0. The van der Waals surface area contributed by atoms with E-state index in [9.17, 15) is 26.3 Å². The molecular weight excluding hydrogens is 242 g/mol. The minimum Gasteiger partial charge on any atom is -0.372 e. The fraction of sp³-hybridized carbons (Fsp3) is 0.714. The van der Waals surface area contributed by atoms with Gasteiger partial charge in [0, 0.05) is 0 Å². The van der Waals surface area contributed by atoms with E-state index in [4.69, 9.17) is 0 Å². The van der Waals surface area contributed by atoms with Crippen molar-refractivity contribution >= 4 is 8.32 Å². The van der Waals surface area contributed by atoms with Crippen molar-refractivity contribution in [3.05, 3.63) is 12.3 Å². The summed E-state index contributed by atoms with van der Waals surface area (Å²) >= 11 is 0. The van der Waals surface area contributed by atoms with E-state index in [1.165, 1.54) is 0 Å². The second-order valence-corrected chi connectivity index (χ2v) is 7.17. The Hall–Kier alpha value is -0.503. The fourth-order valence-electron chi connectivity index (χ4n) is 0.651. The van der Waals surface area contributed by atoms with E-state index < -0.39 is 26.8 Å². The zero-order valence-corrected chi connectivity index (χ0v) is 9.04. The standard InChI is InChI=1S/C7H10F6OSi/c1-4-15(2,3)14-6(10,5(8)9)7(11,12)13/h4-5H,1H2,2-3H3. The lowest BCUT2D eigenvalue weighted by atomic mass is 10.3. The summed E-state index contributed by atoms with van der Waals surface area (Å²) in [6.07, 6.45) is -10.1. The summed E-state index contributed by atoms with van der Waals surface area (Å²) in [6.45, 7) is 5.37. The minimum absolute atomic E-state index is 0.940. The van der Waals surface area contributed by atoms with Gasteiger partial charge < -0.3 is 4.43 Å². The quantitative estimate of drug-likeness (QED) is 0.550. The van der Waals surface area contributed by atoms with Gasteiger partial charge in [0.25, 0.3) is 0 Å². The summed E-state index contributed by atoms with van der Waals surface area (Å²) in [5, 5.41) is 0. The molecule has 0 N–H and O–H groups in total. The van der Waals surface area contributed by atoms with Crippen molar-refractivity contribution in [3.8, 4) is 0 Å². The topological polar surface area (TPSA) is 9.23 Å². The summed E-state index contributed by atoms with van der Waals surface area (Å²) in [7, 11) is -3.30. The minimum atomic E-state index is -5.77. The highest BCUT2D eigenvalue weighted by Gasteiger charge is 2.65. The molecule has 0 aliphatic rings. The highest BCUT2D eigenvalue weighted by molar-refractivity contribution is 6.76. The van der Waals surface area contributed by atoms with Gasteiger partial charge >= 0.3 is 18.5 Å². The van der Waals surface area contributed by atoms with E-state index in [-0.39, 0.29) is 0 Å². The first-order chi connectivity index (χ1) is 6.46. The van der Waals surface area contributed by atoms with Crippen LogP contribution in [-0.4, -0.2) is 26.8 Å². The van der Waals surface area contributed by atoms with Gasteiger partial charge in [0.2, 0.25) is 8.32 Å². The summed E-state index contributed by atoms with van der Waals surface area (Å²) < 4.78 is 77.0. The molecule has 8 heteroatoms. The van der Waals surface area contributed by atoms with Crippen LogP contribution >= 0.6 is 0 Å². The molecule has 0 saturated carbocycles. The van der Waals surface area contributed by atoms with Crippen LogP contribution in [0.1, 0.15) is 0 Å². The van der Waals surface area contributed by atoms with Gasteiger partial charge in [-0.2, -0.15) is 17.6 Å². The highest BCUT2D eigenvalue weighted by Crippen LogP contribution is 2.41. The van der Waals surface area contributed by atoms with Crippen molar-refractivity contribution in [2.45, 2.75) is 31.6 Å². The van der Waals surface area contributed by atoms with Crippen LogP contribution in [0, 0.1) is 0 Å². The largest absolute Gasteiger partial charge is 0.453 e. The Morgan fingerprint density at radius 3 is 1.80 bits per heavy atom. The molecule has 0 rings (SSSR count). The van der Waals surface area contributed by atoms with Gasteiger partial charge in [-0.15, -0.1) is 6.58 Å². The van der Waals surface area contributed by atoms with Crippen LogP contribution in [0.4, 0.5) is 26.3 Å². The predicted molar refractivity (Wildman–Crippen MR) is 44.7 cm³/mol. The Balaban J connectivity index is 5.08. The second kappa shape index (κ2) is 4.16. The van der Waals surface area contributed by atoms with Crippen LogP contribution in [0.2, 0.25) is 13.1 Å². The number of alkyl halides is 6. The molecule has 1 nitrogen and oxygen atoms in total. The van der Waals surface area contributed by atoms with Crippen LogP contribution in [0.5, 0.6) is 0 Å². The van der Waals surface area contributed by atoms with E-state index in [0.29, 0.717) is 0 Å². The molecule has 0 aromatic rings. The van der Waals surface area contributed by atoms with Gasteiger partial charge in [-0.3, -0.25) is 0 Å². The SMILES string of the molecule is C=C[Si](C)(C)OC(F)(C(F)F)C(F)(F)F. The Labute approximate surface area is 83.9 Å². The smallest absolute Gasteiger partial charge is 0.372 e. The monoisotopic (exact) mass is 252 g/mol. The third-order valence-corrected chi connectivity index (χ3v) is 3.38. The molecule has 0 radical (unpaired) electrons. The van der Waals surface area contributed by atoms with Gasteiger partial charge in [-0.1, -0.05) is 5.70 Å². The van der Waals surface area contributed by atoms with Gasteiger partial charge in [-0.25, -0.2) is 8.78 Å². The average Bonchev–Trinajstić information content (AvgIpc) is 2.01. The first-order valence-corrected chi connectivity index (χ1v) is 6.82. The molecule has 1 atom stereocenters. The molecule has 0 fully saturated rings. The van der Waals surface area contributed by atoms with Crippen molar-refractivity contribution in [2.24, 2.45) is 0 Å². The van der Waals surface area contributed by atoms with Gasteiger partial charge in [0.15, 0.2) is 0 Å². The molecule has 0 aliphatic carbocycles. The van der Waals surface area contributed by atoms with Crippen molar-refractivity contribution in [1.82, 2.24) is 0 Å².